The molecule has 0 fully saturated rings. The van der Waals surface area contributed by atoms with E-state index in [0.29, 0.717) is 23.8 Å². The minimum Gasteiger partial charge on any atom is -0.375 e. The van der Waals surface area contributed by atoms with Crippen molar-refractivity contribution in [1.29, 1.82) is 0 Å². The number of thiazole rings is 1. The normalized spacial score (nSPS) is 11.2. The Morgan fingerprint density at radius 2 is 1.84 bits per heavy atom. The molecular weight excluding hydrogens is 275 g/mol. The van der Waals surface area contributed by atoms with Gasteiger partial charge in [-0.25, -0.2) is 18.2 Å². The Morgan fingerprint density at radius 1 is 1.21 bits per heavy atom. The zero-order chi connectivity index (χ0) is 14.0. The Bertz CT molecular complexity index is 562. The molecule has 102 valence electrons. The van der Waals surface area contributed by atoms with Crippen molar-refractivity contribution in [3.05, 3.63) is 46.2 Å². The van der Waals surface area contributed by atoms with E-state index in [1.165, 1.54) is 11.3 Å². The SMILES string of the molecule is CN(Cc1cc(F)c(F)c(F)c1)Cc1cnc(N)s1. The molecule has 1 heterocycles. The Balaban J connectivity index is 2.04. The van der Waals surface area contributed by atoms with Gasteiger partial charge in [0.2, 0.25) is 0 Å². The van der Waals surface area contributed by atoms with Crippen molar-refractivity contribution in [2.24, 2.45) is 0 Å². The fourth-order valence-electron chi connectivity index (χ4n) is 1.73. The van der Waals surface area contributed by atoms with Gasteiger partial charge in [-0.15, -0.1) is 11.3 Å². The summed E-state index contributed by atoms with van der Waals surface area (Å²) in [6, 6.07) is 1.99. The van der Waals surface area contributed by atoms with Crippen molar-refractivity contribution < 1.29 is 13.2 Å². The fourth-order valence-corrected chi connectivity index (χ4v) is 2.49. The molecule has 3 nitrogen and oxygen atoms in total. The van der Waals surface area contributed by atoms with E-state index in [1.54, 1.807) is 13.2 Å². The van der Waals surface area contributed by atoms with Gasteiger partial charge in [-0.2, -0.15) is 0 Å². The summed E-state index contributed by atoms with van der Waals surface area (Å²) in [5.74, 6) is -3.79. The summed E-state index contributed by atoms with van der Waals surface area (Å²) in [4.78, 5) is 6.70. The molecule has 0 aliphatic carbocycles. The molecule has 0 spiro atoms. The van der Waals surface area contributed by atoms with Crippen LogP contribution in [0.5, 0.6) is 0 Å². The zero-order valence-corrected chi connectivity index (χ0v) is 11.0. The van der Waals surface area contributed by atoms with Gasteiger partial charge in [0, 0.05) is 24.2 Å². The largest absolute Gasteiger partial charge is 0.375 e. The van der Waals surface area contributed by atoms with Crippen molar-refractivity contribution in [3.63, 3.8) is 0 Å². The number of hydrogen-bond donors (Lipinski definition) is 1. The number of nitrogens with zero attached hydrogens (tertiary/aromatic N) is 2. The van der Waals surface area contributed by atoms with E-state index >= 15 is 0 Å². The van der Waals surface area contributed by atoms with Gasteiger partial charge < -0.3 is 5.73 Å². The summed E-state index contributed by atoms with van der Waals surface area (Å²) in [5.41, 5.74) is 5.88. The van der Waals surface area contributed by atoms with E-state index in [4.69, 9.17) is 5.73 Å². The monoisotopic (exact) mass is 287 g/mol. The molecule has 2 aromatic rings. The van der Waals surface area contributed by atoms with Gasteiger partial charge in [-0.05, 0) is 24.7 Å². The van der Waals surface area contributed by atoms with Crippen LogP contribution in [0.15, 0.2) is 18.3 Å². The molecule has 2 rings (SSSR count). The van der Waals surface area contributed by atoms with Crippen molar-refractivity contribution in [2.75, 3.05) is 12.8 Å². The predicted molar refractivity (Wildman–Crippen MR) is 68.0 cm³/mol. The highest BCUT2D eigenvalue weighted by atomic mass is 32.1. The second kappa shape index (κ2) is 5.58. The molecule has 0 aliphatic rings. The third-order valence-corrected chi connectivity index (χ3v) is 3.30. The predicted octanol–water partition coefficient (Wildman–Crippen LogP) is 2.77. The van der Waals surface area contributed by atoms with Gasteiger partial charge in [-0.1, -0.05) is 0 Å². The Hall–Kier alpha value is -1.60. The average molecular weight is 287 g/mol. The number of aromatic nitrogens is 1. The van der Waals surface area contributed by atoms with Crippen LogP contribution in [0.1, 0.15) is 10.4 Å². The summed E-state index contributed by atoms with van der Waals surface area (Å²) < 4.78 is 38.9. The van der Waals surface area contributed by atoms with Crippen LogP contribution in [0.3, 0.4) is 0 Å². The Morgan fingerprint density at radius 3 is 2.37 bits per heavy atom. The lowest BCUT2D eigenvalue weighted by atomic mass is 10.2. The van der Waals surface area contributed by atoms with E-state index in [1.807, 2.05) is 4.90 Å². The minimum absolute atomic E-state index is 0.298. The first-order chi connectivity index (χ1) is 8.95. The maximum absolute atomic E-state index is 13.1. The lowest BCUT2D eigenvalue weighted by Crippen LogP contribution is -2.17. The maximum Gasteiger partial charge on any atom is 0.194 e. The molecule has 7 heteroatoms. The van der Waals surface area contributed by atoms with Crippen LogP contribution in [0.2, 0.25) is 0 Å². The van der Waals surface area contributed by atoms with Crippen LogP contribution in [-0.4, -0.2) is 16.9 Å². The zero-order valence-electron chi connectivity index (χ0n) is 10.2. The van der Waals surface area contributed by atoms with E-state index in [0.717, 1.165) is 17.0 Å². The van der Waals surface area contributed by atoms with Crippen molar-refractivity contribution >= 4 is 16.5 Å². The van der Waals surface area contributed by atoms with Gasteiger partial charge in [0.1, 0.15) is 0 Å². The second-order valence-electron chi connectivity index (χ2n) is 4.21. The lowest BCUT2D eigenvalue weighted by molar-refractivity contribution is 0.319. The van der Waals surface area contributed by atoms with Crippen LogP contribution in [0.25, 0.3) is 0 Å². The van der Waals surface area contributed by atoms with E-state index in [2.05, 4.69) is 4.98 Å². The van der Waals surface area contributed by atoms with Crippen LogP contribution in [0, 0.1) is 17.5 Å². The van der Waals surface area contributed by atoms with Gasteiger partial charge in [-0.3, -0.25) is 4.90 Å². The standard InChI is InChI=1S/C12H12F3N3S/c1-18(6-8-4-17-12(16)19-8)5-7-2-9(13)11(15)10(14)3-7/h2-4H,5-6H2,1H3,(H2,16,17). The number of benzene rings is 1. The Labute approximate surface area is 112 Å². The molecule has 0 unspecified atom stereocenters. The summed E-state index contributed by atoms with van der Waals surface area (Å²) >= 11 is 1.35. The first-order valence-corrected chi connectivity index (χ1v) is 6.29. The summed E-state index contributed by atoms with van der Waals surface area (Å²) in [6.45, 7) is 0.849. The van der Waals surface area contributed by atoms with Crippen molar-refractivity contribution in [1.82, 2.24) is 9.88 Å². The van der Waals surface area contributed by atoms with E-state index < -0.39 is 17.5 Å². The average Bonchev–Trinajstić information content (AvgIpc) is 2.71. The molecule has 0 amide bonds. The molecule has 19 heavy (non-hydrogen) atoms. The van der Waals surface area contributed by atoms with E-state index in [-0.39, 0.29) is 0 Å². The third kappa shape index (κ3) is 3.45. The lowest BCUT2D eigenvalue weighted by Gasteiger charge is -2.15. The quantitative estimate of drug-likeness (QED) is 0.879. The molecule has 0 aliphatic heterocycles. The van der Waals surface area contributed by atoms with Crippen molar-refractivity contribution in [2.45, 2.75) is 13.1 Å². The van der Waals surface area contributed by atoms with Crippen LogP contribution in [0.4, 0.5) is 18.3 Å². The summed E-state index contributed by atoms with van der Waals surface area (Å²) in [7, 11) is 1.79. The molecule has 1 aromatic carbocycles. The number of halogens is 3. The second-order valence-corrected chi connectivity index (χ2v) is 5.36. The molecule has 0 bridgehead atoms. The molecule has 0 radical (unpaired) electrons. The smallest absolute Gasteiger partial charge is 0.194 e. The van der Waals surface area contributed by atoms with Gasteiger partial charge in [0.15, 0.2) is 22.6 Å². The van der Waals surface area contributed by atoms with Crippen molar-refractivity contribution in [3.8, 4) is 0 Å². The highest BCUT2D eigenvalue weighted by molar-refractivity contribution is 7.15. The van der Waals surface area contributed by atoms with Crippen LogP contribution < -0.4 is 5.73 Å². The van der Waals surface area contributed by atoms with Gasteiger partial charge in [0.05, 0.1) is 0 Å². The summed E-state index contributed by atoms with van der Waals surface area (Å²) in [5, 5.41) is 0.474. The number of nitrogens with two attached hydrogens (primary N) is 1. The topological polar surface area (TPSA) is 42.2 Å². The molecule has 0 saturated carbocycles. The fraction of sp³-hybridized carbons (Fsp3) is 0.250. The molecule has 0 atom stereocenters. The first-order valence-electron chi connectivity index (χ1n) is 5.48. The number of anilines is 1. The van der Waals surface area contributed by atoms with Crippen LogP contribution in [-0.2, 0) is 13.1 Å². The highest BCUT2D eigenvalue weighted by Crippen LogP contribution is 2.18. The van der Waals surface area contributed by atoms with Gasteiger partial charge >= 0.3 is 0 Å². The number of rotatable bonds is 4. The van der Waals surface area contributed by atoms with Crippen LogP contribution >= 0.6 is 11.3 Å². The third-order valence-electron chi connectivity index (χ3n) is 2.49. The highest BCUT2D eigenvalue weighted by Gasteiger charge is 2.12. The number of nitrogen functional groups attached to an aromatic ring is 1. The summed E-state index contributed by atoms with van der Waals surface area (Å²) in [6.07, 6.45) is 1.66. The molecule has 1 aromatic heterocycles. The number of hydrogen-bond acceptors (Lipinski definition) is 4. The molecule has 0 saturated heterocycles. The molecular formula is C12H12F3N3S. The Kier molecular flexibility index (Phi) is 4.06. The van der Waals surface area contributed by atoms with E-state index in [9.17, 15) is 13.2 Å². The first kappa shape index (κ1) is 13.8. The maximum atomic E-state index is 13.1. The minimum atomic E-state index is -1.44. The van der Waals surface area contributed by atoms with Gasteiger partial charge in [0.25, 0.3) is 0 Å². The molecule has 2 N–H and O–H groups in total.